The Kier molecular flexibility index (Phi) is 5.40. The molecule has 0 unspecified atom stereocenters. The van der Waals surface area contributed by atoms with E-state index in [1.165, 1.54) is 0 Å². The maximum Gasteiger partial charge on any atom is 0.254 e. The zero-order valence-electron chi connectivity index (χ0n) is 18.8. The summed E-state index contributed by atoms with van der Waals surface area (Å²) in [6.45, 7) is 10.0. The zero-order chi connectivity index (χ0) is 21.6. The van der Waals surface area contributed by atoms with Crippen LogP contribution in [0.15, 0.2) is 22.7 Å². The molecule has 4 heterocycles. The number of hydrogen-bond donors (Lipinski definition) is 0. The van der Waals surface area contributed by atoms with E-state index < -0.39 is 0 Å². The van der Waals surface area contributed by atoms with Crippen molar-refractivity contribution in [3.8, 4) is 11.3 Å². The van der Waals surface area contributed by atoms with E-state index in [1.807, 2.05) is 42.6 Å². The highest BCUT2D eigenvalue weighted by Crippen LogP contribution is 2.31. The van der Waals surface area contributed by atoms with Crippen LogP contribution in [0.4, 0.5) is 0 Å². The van der Waals surface area contributed by atoms with Gasteiger partial charge >= 0.3 is 0 Å². The largest absolute Gasteiger partial charge is 0.466 e. The number of nitrogens with zero attached hydrogens (tertiary/aromatic N) is 5. The molecule has 30 heavy (non-hydrogen) atoms. The summed E-state index contributed by atoms with van der Waals surface area (Å²) in [5.74, 6) is 1.66. The van der Waals surface area contributed by atoms with Gasteiger partial charge in [-0.05, 0) is 72.8 Å². The second kappa shape index (κ2) is 7.87. The van der Waals surface area contributed by atoms with Crippen molar-refractivity contribution in [2.75, 3.05) is 27.2 Å². The minimum absolute atomic E-state index is 0.0272. The summed E-state index contributed by atoms with van der Waals surface area (Å²) in [6, 6.07) is 4.28. The molecule has 1 aliphatic rings. The van der Waals surface area contributed by atoms with Crippen molar-refractivity contribution in [3.05, 3.63) is 35.4 Å². The number of rotatable bonds is 4. The predicted octanol–water partition coefficient (Wildman–Crippen LogP) is 4.06. The van der Waals surface area contributed by atoms with E-state index in [-0.39, 0.29) is 18.0 Å². The van der Waals surface area contributed by atoms with Crippen molar-refractivity contribution >= 4 is 16.9 Å². The minimum Gasteiger partial charge on any atom is -0.466 e. The lowest BCUT2D eigenvalue weighted by Crippen LogP contribution is -2.44. The number of furan rings is 1. The van der Waals surface area contributed by atoms with Gasteiger partial charge in [-0.3, -0.25) is 4.79 Å². The van der Waals surface area contributed by atoms with Crippen LogP contribution in [0.1, 0.15) is 54.6 Å². The van der Waals surface area contributed by atoms with Gasteiger partial charge < -0.3 is 14.2 Å². The lowest BCUT2D eigenvalue weighted by atomic mass is 10.0. The zero-order valence-corrected chi connectivity index (χ0v) is 18.8. The molecule has 7 heteroatoms. The quantitative estimate of drug-likeness (QED) is 0.650. The molecule has 0 bridgehead atoms. The highest BCUT2D eigenvalue weighted by Gasteiger charge is 2.27. The molecule has 3 aromatic heterocycles. The molecule has 0 aliphatic carbocycles. The van der Waals surface area contributed by atoms with Crippen LogP contribution >= 0.6 is 0 Å². The van der Waals surface area contributed by atoms with Crippen LogP contribution in [0.3, 0.4) is 0 Å². The molecule has 1 saturated heterocycles. The van der Waals surface area contributed by atoms with Crippen molar-refractivity contribution in [3.63, 3.8) is 0 Å². The number of pyridine rings is 1. The molecule has 0 saturated carbocycles. The average Bonchev–Trinajstić information content (AvgIpc) is 3.29. The van der Waals surface area contributed by atoms with Crippen LogP contribution in [-0.2, 0) is 0 Å². The molecule has 1 amide bonds. The number of aromatic nitrogens is 3. The predicted molar refractivity (Wildman–Crippen MR) is 118 cm³/mol. The first-order valence-corrected chi connectivity index (χ1v) is 10.7. The molecule has 3 aromatic rings. The SMILES string of the molecule is Cc1cc(-c2cc(C(=O)N(C)C3CCN(C)CC3)c3cnn(C(C)C)c3n2)c(C)o1. The van der Waals surface area contributed by atoms with Gasteiger partial charge in [0.1, 0.15) is 11.5 Å². The highest BCUT2D eigenvalue weighted by atomic mass is 16.3. The van der Waals surface area contributed by atoms with Gasteiger partial charge in [-0.2, -0.15) is 5.10 Å². The number of hydrogen-bond acceptors (Lipinski definition) is 5. The fourth-order valence-electron chi connectivity index (χ4n) is 4.33. The molecule has 0 aromatic carbocycles. The van der Waals surface area contributed by atoms with Gasteiger partial charge in [0.2, 0.25) is 0 Å². The van der Waals surface area contributed by atoms with Crippen molar-refractivity contribution in [2.24, 2.45) is 0 Å². The molecule has 1 aliphatic heterocycles. The van der Waals surface area contributed by atoms with Gasteiger partial charge in [0.15, 0.2) is 5.65 Å². The van der Waals surface area contributed by atoms with Crippen molar-refractivity contribution in [1.29, 1.82) is 0 Å². The standard InChI is InChI=1S/C23H31N5O2/c1-14(2)28-22-20(13-24-28)19(12-21(25-22)18-11-15(3)30-16(18)4)23(29)27(6)17-7-9-26(5)10-8-17/h11-14,17H,7-10H2,1-6H3. The van der Waals surface area contributed by atoms with E-state index in [0.29, 0.717) is 5.56 Å². The van der Waals surface area contributed by atoms with Crippen LogP contribution in [0.25, 0.3) is 22.3 Å². The summed E-state index contributed by atoms with van der Waals surface area (Å²) in [6.07, 6.45) is 3.76. The lowest BCUT2D eigenvalue weighted by molar-refractivity contribution is 0.0661. The van der Waals surface area contributed by atoms with Gasteiger partial charge in [-0.15, -0.1) is 0 Å². The van der Waals surface area contributed by atoms with E-state index in [0.717, 1.165) is 59.7 Å². The Labute approximate surface area is 177 Å². The highest BCUT2D eigenvalue weighted by molar-refractivity contribution is 6.06. The molecular weight excluding hydrogens is 378 g/mol. The number of carbonyl (C=O) groups is 1. The topological polar surface area (TPSA) is 67.4 Å². The fourth-order valence-corrected chi connectivity index (χ4v) is 4.33. The van der Waals surface area contributed by atoms with Crippen LogP contribution in [0.2, 0.25) is 0 Å². The summed E-state index contributed by atoms with van der Waals surface area (Å²) in [4.78, 5) is 22.7. The third-order valence-corrected chi connectivity index (χ3v) is 6.16. The molecular formula is C23H31N5O2. The number of aryl methyl sites for hydroxylation is 2. The van der Waals surface area contributed by atoms with Gasteiger partial charge in [-0.1, -0.05) is 0 Å². The maximum absolute atomic E-state index is 13.6. The Bertz CT molecular complexity index is 1070. The molecule has 160 valence electrons. The minimum atomic E-state index is 0.0272. The molecule has 0 atom stereocenters. The Morgan fingerprint density at radius 1 is 1.23 bits per heavy atom. The Balaban J connectivity index is 1.81. The first-order valence-electron chi connectivity index (χ1n) is 10.7. The van der Waals surface area contributed by atoms with E-state index in [1.54, 1.807) is 6.20 Å². The molecule has 0 spiro atoms. The monoisotopic (exact) mass is 409 g/mol. The van der Waals surface area contributed by atoms with Crippen molar-refractivity contribution in [1.82, 2.24) is 24.6 Å². The summed E-state index contributed by atoms with van der Waals surface area (Å²) >= 11 is 0. The average molecular weight is 410 g/mol. The first kappa shape index (κ1) is 20.6. The van der Waals surface area contributed by atoms with E-state index in [9.17, 15) is 4.79 Å². The van der Waals surface area contributed by atoms with Gasteiger partial charge in [-0.25, -0.2) is 9.67 Å². The summed E-state index contributed by atoms with van der Waals surface area (Å²) in [7, 11) is 4.05. The molecule has 4 rings (SSSR count). The normalized spacial score (nSPS) is 16.0. The Morgan fingerprint density at radius 2 is 1.93 bits per heavy atom. The van der Waals surface area contributed by atoms with Crippen LogP contribution in [0.5, 0.6) is 0 Å². The van der Waals surface area contributed by atoms with Gasteiger partial charge in [0, 0.05) is 24.7 Å². The van der Waals surface area contributed by atoms with Crippen LogP contribution in [-0.4, -0.2) is 63.7 Å². The Hall–Kier alpha value is -2.67. The van der Waals surface area contributed by atoms with Gasteiger partial charge in [0.25, 0.3) is 5.91 Å². The van der Waals surface area contributed by atoms with Crippen molar-refractivity contribution in [2.45, 2.75) is 52.6 Å². The first-order chi connectivity index (χ1) is 14.3. The van der Waals surface area contributed by atoms with E-state index >= 15 is 0 Å². The number of piperidine rings is 1. The molecule has 1 fully saturated rings. The van der Waals surface area contributed by atoms with Crippen LogP contribution in [0, 0.1) is 13.8 Å². The van der Waals surface area contributed by atoms with Gasteiger partial charge in [0.05, 0.1) is 22.8 Å². The van der Waals surface area contributed by atoms with Crippen LogP contribution < -0.4 is 0 Å². The second-order valence-corrected chi connectivity index (χ2v) is 8.75. The summed E-state index contributed by atoms with van der Waals surface area (Å²) in [5.41, 5.74) is 3.06. The third-order valence-electron chi connectivity index (χ3n) is 6.16. The number of likely N-dealkylation sites (tertiary alicyclic amines) is 1. The molecule has 7 nitrogen and oxygen atoms in total. The Morgan fingerprint density at radius 3 is 2.53 bits per heavy atom. The summed E-state index contributed by atoms with van der Waals surface area (Å²) < 4.78 is 7.61. The molecule has 0 N–H and O–H groups in total. The smallest absolute Gasteiger partial charge is 0.254 e. The third kappa shape index (κ3) is 3.62. The number of amides is 1. The maximum atomic E-state index is 13.6. The second-order valence-electron chi connectivity index (χ2n) is 8.75. The number of carbonyl (C=O) groups excluding carboxylic acids is 1. The van der Waals surface area contributed by atoms with E-state index in [2.05, 4.69) is 30.9 Å². The summed E-state index contributed by atoms with van der Waals surface area (Å²) in [5, 5.41) is 5.34. The molecule has 0 radical (unpaired) electrons. The number of fused-ring (bicyclic) bond motifs is 1. The fraction of sp³-hybridized carbons (Fsp3) is 0.522. The lowest BCUT2D eigenvalue weighted by Gasteiger charge is -2.35. The van der Waals surface area contributed by atoms with Crippen molar-refractivity contribution < 1.29 is 9.21 Å². The van der Waals surface area contributed by atoms with E-state index in [4.69, 9.17) is 9.40 Å².